The topological polar surface area (TPSA) is 39.9 Å². The number of rotatable bonds is 5. The zero-order valence-electron chi connectivity index (χ0n) is 20.4. The van der Waals surface area contributed by atoms with Crippen LogP contribution >= 0.6 is 0 Å². The van der Waals surface area contributed by atoms with Gasteiger partial charge in [0.15, 0.2) is 0 Å². The van der Waals surface area contributed by atoms with Crippen LogP contribution in [-0.4, -0.2) is 24.4 Å². The van der Waals surface area contributed by atoms with Crippen LogP contribution in [0.1, 0.15) is 32.7 Å². The van der Waals surface area contributed by atoms with E-state index in [0.717, 1.165) is 39.1 Å². The van der Waals surface area contributed by atoms with Crippen LogP contribution < -0.4 is 9.47 Å². The molecule has 0 aliphatic carbocycles. The number of pyridine rings is 1. The molecule has 2 heterocycles. The summed E-state index contributed by atoms with van der Waals surface area (Å²) in [6.45, 7) is 2.05. The summed E-state index contributed by atoms with van der Waals surface area (Å²) in [6, 6.07) is 28.9. The lowest BCUT2D eigenvalue weighted by Gasteiger charge is -2.08. The van der Waals surface area contributed by atoms with Crippen molar-refractivity contribution in [2.75, 3.05) is 14.2 Å². The van der Waals surface area contributed by atoms with Gasteiger partial charge in [0, 0.05) is 22.9 Å². The fraction of sp³-hybridized carbons (Fsp3) is 0.0938. The van der Waals surface area contributed by atoms with Crippen molar-refractivity contribution in [1.29, 1.82) is 0 Å². The smallest absolute Gasteiger partial charge is 0.210 e. The average Bonchev–Trinajstić information content (AvgIpc) is 3.26. The van der Waals surface area contributed by atoms with Crippen molar-refractivity contribution in [3.63, 3.8) is 0 Å². The quantitative estimate of drug-likeness (QED) is 0.215. The Balaban J connectivity index is 1.75. The minimum absolute atomic E-state index is 0.0769. The SMILES string of the molecule is COc1ccc(C#Cc2c(-c3ccc(C)cc3)c(C(=O)c3ccc(OC)cc3)n3ccccc23)cc1. The monoisotopic (exact) mass is 471 g/mol. The van der Waals surface area contributed by atoms with Crippen LogP contribution in [0.3, 0.4) is 0 Å². The first-order valence-corrected chi connectivity index (χ1v) is 11.6. The highest BCUT2D eigenvalue weighted by atomic mass is 16.5. The Morgan fingerprint density at radius 1 is 0.750 bits per heavy atom. The Labute approximate surface area is 210 Å². The predicted molar refractivity (Wildman–Crippen MR) is 143 cm³/mol. The summed E-state index contributed by atoms with van der Waals surface area (Å²) in [6.07, 6.45) is 1.92. The van der Waals surface area contributed by atoms with Gasteiger partial charge in [0.1, 0.15) is 17.2 Å². The summed E-state index contributed by atoms with van der Waals surface area (Å²) >= 11 is 0. The van der Waals surface area contributed by atoms with Crippen LogP contribution in [0.4, 0.5) is 0 Å². The van der Waals surface area contributed by atoms with Crippen LogP contribution in [0, 0.1) is 18.8 Å². The van der Waals surface area contributed by atoms with Crippen LogP contribution in [0.5, 0.6) is 11.5 Å². The number of nitrogens with zero attached hydrogens (tertiary/aromatic N) is 1. The summed E-state index contributed by atoms with van der Waals surface area (Å²) in [5.41, 5.74) is 6.64. The molecule has 0 amide bonds. The molecule has 0 fully saturated rings. The summed E-state index contributed by atoms with van der Waals surface area (Å²) < 4.78 is 12.5. The highest BCUT2D eigenvalue weighted by Crippen LogP contribution is 2.35. The number of hydrogen-bond acceptors (Lipinski definition) is 3. The van der Waals surface area contributed by atoms with E-state index in [9.17, 15) is 4.79 Å². The molecule has 2 aromatic heterocycles. The molecule has 0 saturated heterocycles. The van der Waals surface area contributed by atoms with E-state index >= 15 is 0 Å². The molecular formula is C32H25NO3. The molecular weight excluding hydrogens is 446 g/mol. The summed E-state index contributed by atoms with van der Waals surface area (Å²) in [5.74, 6) is 8.08. The molecule has 176 valence electrons. The summed E-state index contributed by atoms with van der Waals surface area (Å²) in [7, 11) is 3.25. The molecule has 0 aliphatic rings. The number of benzene rings is 3. The number of carbonyl (C=O) groups excluding carboxylic acids is 1. The molecule has 0 N–H and O–H groups in total. The molecule has 0 saturated carbocycles. The number of ketones is 1. The Morgan fingerprint density at radius 2 is 1.39 bits per heavy atom. The van der Waals surface area contributed by atoms with Gasteiger partial charge >= 0.3 is 0 Å². The third-order valence-electron chi connectivity index (χ3n) is 6.17. The van der Waals surface area contributed by atoms with Crippen molar-refractivity contribution in [3.8, 4) is 34.5 Å². The maximum atomic E-state index is 14.0. The molecule has 0 radical (unpaired) electrons. The van der Waals surface area contributed by atoms with Crippen molar-refractivity contribution >= 4 is 11.3 Å². The van der Waals surface area contributed by atoms with Crippen molar-refractivity contribution in [2.24, 2.45) is 0 Å². The van der Waals surface area contributed by atoms with E-state index < -0.39 is 0 Å². The van der Waals surface area contributed by atoms with Gasteiger partial charge in [-0.1, -0.05) is 47.7 Å². The van der Waals surface area contributed by atoms with Crippen molar-refractivity contribution in [2.45, 2.75) is 6.92 Å². The summed E-state index contributed by atoms with van der Waals surface area (Å²) in [4.78, 5) is 14.0. The van der Waals surface area contributed by atoms with E-state index in [2.05, 4.69) is 24.0 Å². The molecule has 5 rings (SSSR count). The van der Waals surface area contributed by atoms with E-state index in [4.69, 9.17) is 9.47 Å². The maximum Gasteiger partial charge on any atom is 0.210 e. The van der Waals surface area contributed by atoms with Crippen LogP contribution in [-0.2, 0) is 0 Å². The van der Waals surface area contributed by atoms with Gasteiger partial charge in [0.2, 0.25) is 5.78 Å². The molecule has 0 unspecified atom stereocenters. The van der Waals surface area contributed by atoms with Crippen LogP contribution in [0.2, 0.25) is 0 Å². The molecule has 4 heteroatoms. The van der Waals surface area contributed by atoms with Crippen molar-refractivity contribution in [3.05, 3.63) is 125 Å². The Morgan fingerprint density at radius 3 is 2.03 bits per heavy atom. The van der Waals surface area contributed by atoms with Gasteiger partial charge in [0.05, 0.1) is 25.3 Å². The van der Waals surface area contributed by atoms with E-state index in [1.54, 1.807) is 38.5 Å². The molecule has 0 spiro atoms. The van der Waals surface area contributed by atoms with E-state index in [1.165, 1.54) is 0 Å². The average molecular weight is 472 g/mol. The van der Waals surface area contributed by atoms with Crippen LogP contribution in [0.15, 0.2) is 97.2 Å². The van der Waals surface area contributed by atoms with Gasteiger partial charge in [-0.3, -0.25) is 4.79 Å². The first-order valence-electron chi connectivity index (χ1n) is 11.6. The van der Waals surface area contributed by atoms with Gasteiger partial charge in [-0.2, -0.15) is 0 Å². The first kappa shape index (κ1) is 23.0. The summed E-state index contributed by atoms with van der Waals surface area (Å²) in [5, 5.41) is 0. The third kappa shape index (κ3) is 4.35. The van der Waals surface area contributed by atoms with Gasteiger partial charge < -0.3 is 13.9 Å². The van der Waals surface area contributed by atoms with E-state index in [0.29, 0.717) is 17.0 Å². The lowest BCUT2D eigenvalue weighted by atomic mass is 9.96. The lowest BCUT2D eigenvalue weighted by molar-refractivity contribution is 0.103. The highest BCUT2D eigenvalue weighted by Gasteiger charge is 2.24. The highest BCUT2D eigenvalue weighted by molar-refractivity contribution is 6.14. The minimum atomic E-state index is -0.0769. The third-order valence-corrected chi connectivity index (χ3v) is 6.17. The van der Waals surface area contributed by atoms with E-state index in [1.807, 2.05) is 72.1 Å². The number of hydrogen-bond donors (Lipinski definition) is 0. The molecule has 36 heavy (non-hydrogen) atoms. The number of fused-ring (bicyclic) bond motifs is 1. The second-order valence-corrected chi connectivity index (χ2v) is 8.46. The zero-order chi connectivity index (χ0) is 25.1. The lowest BCUT2D eigenvalue weighted by Crippen LogP contribution is -2.07. The van der Waals surface area contributed by atoms with Gasteiger partial charge in [0.25, 0.3) is 0 Å². The number of aryl methyl sites for hydroxylation is 1. The second kappa shape index (κ2) is 9.85. The molecule has 4 nitrogen and oxygen atoms in total. The van der Waals surface area contributed by atoms with E-state index in [-0.39, 0.29) is 5.78 Å². The van der Waals surface area contributed by atoms with Crippen molar-refractivity contribution < 1.29 is 14.3 Å². The maximum absolute atomic E-state index is 14.0. The van der Waals surface area contributed by atoms with Crippen LogP contribution in [0.25, 0.3) is 16.6 Å². The molecule has 0 aliphatic heterocycles. The molecule has 3 aromatic carbocycles. The Kier molecular flexibility index (Phi) is 6.30. The number of aromatic nitrogens is 1. The largest absolute Gasteiger partial charge is 0.497 e. The Bertz CT molecular complexity index is 1600. The molecule has 0 atom stereocenters. The molecule has 5 aromatic rings. The first-order chi connectivity index (χ1) is 17.6. The fourth-order valence-corrected chi connectivity index (χ4v) is 4.25. The fourth-order valence-electron chi connectivity index (χ4n) is 4.25. The Hall–Kier alpha value is -4.75. The molecule has 0 bridgehead atoms. The minimum Gasteiger partial charge on any atom is -0.497 e. The number of methoxy groups -OCH3 is 2. The van der Waals surface area contributed by atoms with Gasteiger partial charge in [-0.15, -0.1) is 0 Å². The second-order valence-electron chi connectivity index (χ2n) is 8.46. The number of ether oxygens (including phenoxy) is 2. The standard InChI is InChI=1S/C32H25NO3/c1-22-7-12-24(13-8-22)30-28(20-11-23-9-16-26(35-2)17-10-23)29-6-4-5-21-33(29)31(30)32(34)25-14-18-27(36-3)19-15-25/h4-10,12-19,21H,1-3H3. The van der Waals surface area contributed by atoms with Gasteiger partial charge in [-0.05, 0) is 73.2 Å². The number of carbonyl (C=O) groups is 1. The van der Waals surface area contributed by atoms with Gasteiger partial charge in [-0.25, -0.2) is 0 Å². The normalized spacial score (nSPS) is 10.5. The van der Waals surface area contributed by atoms with Crippen molar-refractivity contribution in [1.82, 2.24) is 4.40 Å². The zero-order valence-corrected chi connectivity index (χ0v) is 20.4. The predicted octanol–water partition coefficient (Wildman–Crippen LogP) is 6.56.